The van der Waals surface area contributed by atoms with Crippen LogP contribution in [0.2, 0.25) is 0 Å². The zero-order valence-electron chi connectivity index (χ0n) is 10.7. The number of hydrogen-bond donors (Lipinski definition) is 0. The summed E-state index contributed by atoms with van der Waals surface area (Å²) in [7, 11) is -4.60. The predicted octanol–water partition coefficient (Wildman–Crippen LogP) is 3.28. The molecule has 1 aromatic rings. The minimum Gasteiger partial charge on any atom is -0.218 e. The summed E-state index contributed by atoms with van der Waals surface area (Å²) >= 11 is 0. The van der Waals surface area contributed by atoms with Gasteiger partial charge in [0.05, 0.1) is 16.9 Å². The molecule has 6 heteroatoms. The third kappa shape index (κ3) is 2.83. The maximum Gasteiger partial charge on any atom is 0.341 e. The van der Waals surface area contributed by atoms with E-state index < -0.39 is 20.5 Å². The second-order valence-electron chi connectivity index (χ2n) is 4.92. The third-order valence-corrected chi connectivity index (χ3v) is 5.05. The predicted molar refractivity (Wildman–Crippen MR) is 68.8 cm³/mol. The number of rotatable bonds is 3. The van der Waals surface area contributed by atoms with Crippen LogP contribution in [0.1, 0.15) is 37.2 Å². The summed E-state index contributed by atoms with van der Waals surface area (Å²) in [5.41, 5.74) is 0.796. The highest BCUT2D eigenvalue weighted by molar-refractivity contribution is 7.91. The van der Waals surface area contributed by atoms with Crippen molar-refractivity contribution in [3.8, 4) is 6.07 Å². The number of nitriles is 1. The summed E-state index contributed by atoms with van der Waals surface area (Å²) in [5, 5.41) is 9.12. The maximum atomic E-state index is 12.4. The Balaban J connectivity index is 2.27. The Labute approximate surface area is 117 Å². The van der Waals surface area contributed by atoms with Crippen LogP contribution in [0.4, 0.5) is 8.78 Å². The van der Waals surface area contributed by atoms with Crippen LogP contribution in [-0.2, 0) is 9.84 Å². The molecule has 3 nitrogen and oxygen atoms in total. The van der Waals surface area contributed by atoms with E-state index in [1.54, 1.807) is 0 Å². The standard InChI is InChI=1S/C14H14F2NO2S/c15-14(16)20(18,19)12-7-5-10(6-8-12)13-4-2-1-3-11(13)9-17/h5-7,11,13-14H,1-4H2. The van der Waals surface area contributed by atoms with Crippen LogP contribution in [0.15, 0.2) is 23.1 Å². The Bertz CT molecular complexity index is 605. The molecule has 0 amide bonds. The van der Waals surface area contributed by atoms with Crippen molar-refractivity contribution in [2.45, 2.75) is 42.3 Å². The minimum atomic E-state index is -4.60. The summed E-state index contributed by atoms with van der Waals surface area (Å²) in [6, 6.07) is 8.79. The largest absolute Gasteiger partial charge is 0.341 e. The average Bonchev–Trinajstić information content (AvgIpc) is 2.47. The van der Waals surface area contributed by atoms with Crippen LogP contribution >= 0.6 is 0 Å². The SMILES string of the molecule is N#CC1CCCCC1c1c[c]c(S(=O)(=O)C(F)F)cc1. The number of benzene rings is 1. The summed E-state index contributed by atoms with van der Waals surface area (Å²) in [4.78, 5) is -0.499. The smallest absolute Gasteiger partial charge is 0.218 e. The number of alkyl halides is 2. The van der Waals surface area contributed by atoms with Gasteiger partial charge in [0, 0.05) is 6.07 Å². The zero-order chi connectivity index (χ0) is 14.8. The highest BCUT2D eigenvalue weighted by atomic mass is 32.2. The van der Waals surface area contributed by atoms with E-state index in [2.05, 4.69) is 12.1 Å². The van der Waals surface area contributed by atoms with Crippen molar-refractivity contribution in [2.24, 2.45) is 5.92 Å². The highest BCUT2D eigenvalue weighted by Gasteiger charge is 2.29. The normalized spacial score (nSPS) is 23.5. The van der Waals surface area contributed by atoms with E-state index in [-0.39, 0.29) is 11.8 Å². The van der Waals surface area contributed by atoms with Gasteiger partial charge in [0.1, 0.15) is 0 Å². The first-order chi connectivity index (χ1) is 9.46. The van der Waals surface area contributed by atoms with Gasteiger partial charge < -0.3 is 0 Å². The van der Waals surface area contributed by atoms with Gasteiger partial charge in [-0.2, -0.15) is 14.0 Å². The monoisotopic (exact) mass is 298 g/mol. The van der Waals surface area contributed by atoms with E-state index >= 15 is 0 Å². The fourth-order valence-electron chi connectivity index (χ4n) is 2.61. The molecule has 1 saturated carbocycles. The lowest BCUT2D eigenvalue weighted by atomic mass is 9.76. The van der Waals surface area contributed by atoms with Crippen LogP contribution < -0.4 is 0 Å². The highest BCUT2D eigenvalue weighted by Crippen LogP contribution is 2.37. The van der Waals surface area contributed by atoms with Gasteiger partial charge in [0.15, 0.2) is 0 Å². The average molecular weight is 298 g/mol. The summed E-state index contributed by atoms with van der Waals surface area (Å²) in [6.07, 6.45) is 3.70. The molecule has 1 aliphatic carbocycles. The summed E-state index contributed by atoms with van der Waals surface area (Å²) in [5.74, 6) is -3.51. The fourth-order valence-corrected chi connectivity index (χ4v) is 3.28. The molecule has 1 radical (unpaired) electrons. The zero-order valence-corrected chi connectivity index (χ0v) is 11.5. The van der Waals surface area contributed by atoms with Gasteiger partial charge in [-0.1, -0.05) is 18.9 Å². The van der Waals surface area contributed by atoms with E-state index in [4.69, 9.17) is 5.26 Å². The van der Waals surface area contributed by atoms with Crippen LogP contribution in [-0.4, -0.2) is 14.2 Å². The van der Waals surface area contributed by atoms with E-state index in [1.807, 2.05) is 0 Å². The lowest BCUT2D eigenvalue weighted by molar-refractivity contribution is 0.234. The molecular formula is C14H14F2NO2S. The molecule has 1 aliphatic rings. The molecule has 1 fully saturated rings. The van der Waals surface area contributed by atoms with Crippen molar-refractivity contribution < 1.29 is 17.2 Å². The van der Waals surface area contributed by atoms with Crippen LogP contribution in [0.5, 0.6) is 0 Å². The van der Waals surface area contributed by atoms with E-state index in [0.717, 1.165) is 37.3 Å². The van der Waals surface area contributed by atoms with Crippen molar-refractivity contribution in [3.63, 3.8) is 0 Å². The second kappa shape index (κ2) is 5.88. The van der Waals surface area contributed by atoms with Crippen molar-refractivity contribution in [3.05, 3.63) is 29.8 Å². The molecule has 2 atom stereocenters. The van der Waals surface area contributed by atoms with Crippen LogP contribution in [0.25, 0.3) is 0 Å². The Morgan fingerprint density at radius 2 is 2.00 bits per heavy atom. The first-order valence-corrected chi connectivity index (χ1v) is 7.94. The lowest BCUT2D eigenvalue weighted by Gasteiger charge is -2.27. The Kier molecular flexibility index (Phi) is 4.39. The van der Waals surface area contributed by atoms with Crippen LogP contribution in [0, 0.1) is 23.3 Å². The first kappa shape index (κ1) is 14.9. The molecule has 2 rings (SSSR count). The molecule has 2 unspecified atom stereocenters. The van der Waals surface area contributed by atoms with Crippen molar-refractivity contribution in [2.75, 3.05) is 0 Å². The topological polar surface area (TPSA) is 57.9 Å². The molecule has 0 aromatic heterocycles. The van der Waals surface area contributed by atoms with Crippen molar-refractivity contribution in [1.82, 2.24) is 0 Å². The van der Waals surface area contributed by atoms with E-state index in [9.17, 15) is 17.2 Å². The number of nitrogens with zero attached hydrogens (tertiary/aromatic N) is 1. The van der Waals surface area contributed by atoms with E-state index in [1.165, 1.54) is 12.1 Å². The molecule has 20 heavy (non-hydrogen) atoms. The third-order valence-electron chi connectivity index (χ3n) is 3.71. The molecular weight excluding hydrogens is 284 g/mol. The molecule has 0 heterocycles. The fraction of sp³-hybridized carbons (Fsp3) is 0.500. The quantitative estimate of drug-likeness (QED) is 0.860. The number of halogens is 2. The number of hydrogen-bond acceptors (Lipinski definition) is 3. The van der Waals surface area contributed by atoms with Gasteiger partial charge >= 0.3 is 5.76 Å². The maximum absolute atomic E-state index is 12.4. The van der Waals surface area contributed by atoms with Crippen molar-refractivity contribution in [1.29, 1.82) is 5.26 Å². The summed E-state index contributed by atoms with van der Waals surface area (Å²) in [6.45, 7) is 0. The molecule has 0 saturated heterocycles. The molecule has 0 bridgehead atoms. The number of sulfone groups is 1. The Morgan fingerprint density at radius 3 is 2.55 bits per heavy atom. The van der Waals surface area contributed by atoms with Gasteiger partial charge in [-0.05, 0) is 36.5 Å². The Morgan fingerprint density at radius 1 is 1.30 bits per heavy atom. The molecule has 1 aromatic carbocycles. The van der Waals surface area contributed by atoms with Gasteiger partial charge in [-0.15, -0.1) is 0 Å². The molecule has 0 spiro atoms. The summed E-state index contributed by atoms with van der Waals surface area (Å²) < 4.78 is 47.5. The molecule has 0 N–H and O–H groups in total. The van der Waals surface area contributed by atoms with Gasteiger partial charge in [0.25, 0.3) is 0 Å². The Hall–Kier alpha value is -1.48. The molecule has 107 valence electrons. The van der Waals surface area contributed by atoms with E-state index in [0.29, 0.717) is 0 Å². The van der Waals surface area contributed by atoms with Crippen molar-refractivity contribution >= 4 is 9.84 Å². The second-order valence-corrected chi connectivity index (χ2v) is 6.80. The van der Waals surface area contributed by atoms with Gasteiger partial charge in [-0.3, -0.25) is 0 Å². The van der Waals surface area contributed by atoms with Gasteiger partial charge in [0.2, 0.25) is 9.84 Å². The van der Waals surface area contributed by atoms with Gasteiger partial charge in [-0.25, -0.2) is 8.42 Å². The first-order valence-electron chi connectivity index (χ1n) is 6.40. The minimum absolute atomic E-state index is 0.0355. The molecule has 0 aliphatic heterocycles. The van der Waals surface area contributed by atoms with Crippen LogP contribution in [0.3, 0.4) is 0 Å². The lowest BCUT2D eigenvalue weighted by Crippen LogP contribution is -2.16.